The molecule has 0 bridgehead atoms. The summed E-state index contributed by atoms with van der Waals surface area (Å²) >= 11 is 1.88. The Morgan fingerprint density at radius 3 is 2.89 bits per heavy atom. The molecule has 0 aliphatic heterocycles. The Morgan fingerprint density at radius 1 is 1.11 bits per heavy atom. The molecular formula is C16H12STe. The molecule has 3 aromatic rings. The summed E-state index contributed by atoms with van der Waals surface area (Å²) in [7, 11) is 0. The van der Waals surface area contributed by atoms with Gasteiger partial charge in [-0.15, -0.1) is 0 Å². The van der Waals surface area contributed by atoms with Gasteiger partial charge in [-0.2, -0.15) is 0 Å². The van der Waals surface area contributed by atoms with Gasteiger partial charge < -0.3 is 0 Å². The van der Waals surface area contributed by atoms with Crippen LogP contribution in [0.3, 0.4) is 0 Å². The van der Waals surface area contributed by atoms with E-state index in [9.17, 15) is 0 Å². The molecule has 0 N–H and O–H groups in total. The van der Waals surface area contributed by atoms with Crippen LogP contribution in [0.4, 0.5) is 0 Å². The van der Waals surface area contributed by atoms with Crippen LogP contribution in [0.2, 0.25) is 0 Å². The van der Waals surface area contributed by atoms with Gasteiger partial charge >= 0.3 is 121 Å². The van der Waals surface area contributed by atoms with E-state index in [1.807, 2.05) is 11.3 Å². The number of rotatable bonds is 1. The molecule has 4 rings (SSSR count). The topological polar surface area (TPSA) is 0 Å². The van der Waals surface area contributed by atoms with E-state index in [1.165, 1.54) is 25.9 Å². The molecule has 0 radical (unpaired) electrons. The maximum absolute atomic E-state index is 2.43. The Morgan fingerprint density at radius 2 is 2.06 bits per heavy atom. The van der Waals surface area contributed by atoms with Crippen LogP contribution in [0.1, 0.15) is 14.9 Å². The molecule has 0 saturated heterocycles. The zero-order valence-electron chi connectivity index (χ0n) is 10.1. The number of thiophene rings is 1. The molecule has 1 aliphatic rings. The van der Waals surface area contributed by atoms with Crippen molar-refractivity contribution in [3.63, 3.8) is 0 Å². The molecule has 0 saturated carbocycles. The average Bonchev–Trinajstić information content (AvgIpc) is 3.02. The van der Waals surface area contributed by atoms with Crippen LogP contribution >= 0.6 is 11.3 Å². The van der Waals surface area contributed by atoms with Crippen molar-refractivity contribution in [2.24, 2.45) is 0 Å². The molecule has 0 atom stereocenters. The second kappa shape index (κ2) is 4.10. The van der Waals surface area contributed by atoms with Crippen LogP contribution in [-0.4, -0.2) is 20.4 Å². The predicted octanol–water partition coefficient (Wildman–Crippen LogP) is 4.76. The molecular weight excluding hydrogens is 352 g/mol. The third-order valence-corrected chi connectivity index (χ3v) is 7.43. The molecule has 0 fully saturated rings. The van der Waals surface area contributed by atoms with Crippen molar-refractivity contribution in [2.75, 3.05) is 0 Å². The second-order valence-electron chi connectivity index (χ2n) is 4.72. The zero-order valence-corrected chi connectivity index (χ0v) is 13.2. The molecule has 0 spiro atoms. The first-order valence-electron chi connectivity index (χ1n) is 6.09. The van der Waals surface area contributed by atoms with Gasteiger partial charge in [0, 0.05) is 0 Å². The fourth-order valence-electron chi connectivity index (χ4n) is 2.49. The van der Waals surface area contributed by atoms with Gasteiger partial charge in [0.2, 0.25) is 0 Å². The maximum atomic E-state index is 2.43. The van der Waals surface area contributed by atoms with Crippen molar-refractivity contribution in [2.45, 2.75) is 13.3 Å². The molecule has 0 amide bonds. The third-order valence-electron chi connectivity index (χ3n) is 3.37. The van der Waals surface area contributed by atoms with Crippen molar-refractivity contribution < 1.29 is 0 Å². The van der Waals surface area contributed by atoms with Gasteiger partial charge in [0.25, 0.3) is 0 Å². The summed E-state index contributed by atoms with van der Waals surface area (Å²) in [5.41, 5.74) is 1.47. The van der Waals surface area contributed by atoms with Crippen molar-refractivity contribution in [1.82, 2.24) is 0 Å². The van der Waals surface area contributed by atoms with Crippen LogP contribution in [0.15, 0.2) is 42.5 Å². The standard InChI is InChI=1S/C16H12STe/c1-10-6-13-8-15-12(9-16(13)18-10)7-14(17-15)11-4-2-3-5-11/h2-4,6-9H,5H2,1H3. The van der Waals surface area contributed by atoms with Gasteiger partial charge in [-0.1, -0.05) is 0 Å². The minimum absolute atomic E-state index is 0.0606. The number of hydrogen-bond acceptors (Lipinski definition) is 1. The quantitative estimate of drug-likeness (QED) is 0.547. The predicted molar refractivity (Wildman–Crippen MR) is 82.7 cm³/mol. The zero-order chi connectivity index (χ0) is 12.1. The molecule has 88 valence electrons. The van der Waals surface area contributed by atoms with Gasteiger partial charge in [0.15, 0.2) is 0 Å². The number of fused-ring (bicyclic) bond motifs is 2. The van der Waals surface area contributed by atoms with Crippen LogP contribution < -0.4 is 0 Å². The Kier molecular flexibility index (Phi) is 2.52. The van der Waals surface area contributed by atoms with Crippen molar-refractivity contribution in [3.05, 3.63) is 50.9 Å². The summed E-state index contributed by atoms with van der Waals surface area (Å²) in [5, 5.41) is 2.92. The van der Waals surface area contributed by atoms with E-state index in [0.717, 1.165) is 6.42 Å². The first-order chi connectivity index (χ1) is 8.79. The molecule has 1 aliphatic carbocycles. The van der Waals surface area contributed by atoms with E-state index in [-0.39, 0.29) is 20.4 Å². The summed E-state index contributed by atoms with van der Waals surface area (Å²) in [4.78, 5) is 1.44. The van der Waals surface area contributed by atoms with E-state index in [4.69, 9.17) is 0 Å². The monoisotopic (exact) mass is 366 g/mol. The van der Waals surface area contributed by atoms with Gasteiger partial charge in [0.05, 0.1) is 0 Å². The van der Waals surface area contributed by atoms with Gasteiger partial charge in [-0.25, -0.2) is 0 Å². The van der Waals surface area contributed by atoms with Crippen LogP contribution in [0.25, 0.3) is 24.4 Å². The summed E-state index contributed by atoms with van der Waals surface area (Å²) in [5.74, 6) is 0. The molecule has 18 heavy (non-hydrogen) atoms. The Labute approximate surface area is 120 Å². The number of hydrogen-bond donors (Lipinski definition) is 0. The Balaban J connectivity index is 1.94. The second-order valence-corrected chi connectivity index (χ2v) is 9.48. The van der Waals surface area contributed by atoms with Crippen LogP contribution in [-0.2, 0) is 0 Å². The normalized spacial score (nSPS) is 14.8. The van der Waals surface area contributed by atoms with Crippen LogP contribution in [0.5, 0.6) is 0 Å². The fraction of sp³-hybridized carbons (Fsp3) is 0.125. The number of benzene rings is 1. The number of allylic oxidation sites excluding steroid dienone is 4. The van der Waals surface area contributed by atoms with E-state index in [1.54, 1.807) is 6.98 Å². The van der Waals surface area contributed by atoms with E-state index >= 15 is 0 Å². The van der Waals surface area contributed by atoms with E-state index in [0.29, 0.717) is 0 Å². The van der Waals surface area contributed by atoms with Crippen molar-refractivity contribution >= 4 is 56.2 Å². The first kappa shape index (κ1) is 11.1. The first-order valence-corrected chi connectivity index (χ1v) is 9.24. The van der Waals surface area contributed by atoms with Gasteiger partial charge in [-0.3, -0.25) is 0 Å². The minimum atomic E-state index is -0.0606. The molecule has 0 unspecified atom stereocenters. The van der Waals surface area contributed by atoms with Crippen molar-refractivity contribution in [3.8, 4) is 0 Å². The molecule has 2 heterocycles. The van der Waals surface area contributed by atoms with E-state index in [2.05, 4.69) is 49.4 Å². The number of aryl methyl sites for hydroxylation is 1. The summed E-state index contributed by atoms with van der Waals surface area (Å²) in [6.45, 7) is 2.27. The Hall–Kier alpha value is -0.810. The van der Waals surface area contributed by atoms with Crippen LogP contribution in [0, 0.1) is 6.92 Å². The SMILES string of the molecule is Cc1cc2cc3sc(C4=CC=CC4)cc3cc2[te]1. The van der Waals surface area contributed by atoms with Gasteiger partial charge in [-0.05, 0) is 0 Å². The third kappa shape index (κ3) is 1.72. The molecule has 2 heteroatoms. The van der Waals surface area contributed by atoms with E-state index < -0.39 is 0 Å². The summed E-state index contributed by atoms with van der Waals surface area (Å²) < 4.78 is 4.67. The average molecular weight is 364 g/mol. The van der Waals surface area contributed by atoms with Gasteiger partial charge in [0.1, 0.15) is 0 Å². The van der Waals surface area contributed by atoms with Crippen molar-refractivity contribution in [1.29, 1.82) is 0 Å². The Bertz CT molecular complexity index is 763. The fourth-order valence-corrected chi connectivity index (χ4v) is 6.34. The summed E-state index contributed by atoms with van der Waals surface area (Å²) in [6, 6.07) is 9.58. The summed E-state index contributed by atoms with van der Waals surface area (Å²) in [6.07, 6.45) is 7.74. The molecule has 2 aromatic heterocycles. The molecule has 1 aromatic carbocycles. The molecule has 0 nitrogen and oxygen atoms in total.